The second-order valence-corrected chi connectivity index (χ2v) is 11.3. The van der Waals surface area contributed by atoms with E-state index in [9.17, 15) is 27.3 Å². The Balaban J connectivity index is 1.63. The van der Waals surface area contributed by atoms with E-state index in [4.69, 9.17) is 4.42 Å². The summed E-state index contributed by atoms with van der Waals surface area (Å²) < 4.78 is 55.8. The van der Waals surface area contributed by atoms with Crippen molar-refractivity contribution in [1.29, 1.82) is 0 Å². The van der Waals surface area contributed by atoms with Crippen LogP contribution in [-0.2, 0) is 21.5 Å². The number of thiazole rings is 1. The molecule has 1 N–H and O–H groups in total. The lowest BCUT2D eigenvalue weighted by molar-refractivity contribution is -0.667. The highest BCUT2D eigenvalue weighted by atomic mass is 32.2. The number of rotatable bonds is 7. The summed E-state index contributed by atoms with van der Waals surface area (Å²) in [6.07, 6.45) is 3.50. The topological polar surface area (TPSA) is 115 Å². The molecule has 12 heteroatoms. The van der Waals surface area contributed by atoms with Gasteiger partial charge in [0.1, 0.15) is 22.6 Å². The fourth-order valence-electron chi connectivity index (χ4n) is 3.96. The maximum atomic E-state index is 13.9. The van der Waals surface area contributed by atoms with Gasteiger partial charge in [-0.25, -0.2) is 12.8 Å². The van der Waals surface area contributed by atoms with Gasteiger partial charge in [-0.05, 0) is 36.4 Å². The highest BCUT2D eigenvalue weighted by Gasteiger charge is 2.30. The quantitative estimate of drug-likeness (QED) is 0.287. The first-order chi connectivity index (χ1) is 16.2. The van der Waals surface area contributed by atoms with Crippen molar-refractivity contribution in [2.75, 3.05) is 17.2 Å². The average Bonchev–Trinajstić information content (AvgIpc) is 3.44. The van der Waals surface area contributed by atoms with Gasteiger partial charge in [-0.15, -0.1) is 0 Å². The molecule has 34 heavy (non-hydrogen) atoms. The number of fused-ring (bicyclic) bond motifs is 4. The summed E-state index contributed by atoms with van der Waals surface area (Å²) in [4.78, 5) is 13.8. The highest BCUT2D eigenvalue weighted by Crippen LogP contribution is 2.47. The van der Waals surface area contributed by atoms with Gasteiger partial charge in [0, 0.05) is 17.1 Å². The van der Waals surface area contributed by atoms with E-state index in [1.807, 2.05) is 28.8 Å². The van der Waals surface area contributed by atoms with Crippen molar-refractivity contribution in [1.82, 2.24) is 0 Å². The van der Waals surface area contributed by atoms with E-state index in [1.165, 1.54) is 40.1 Å². The number of aliphatic carboxylic acids is 1. The third-order valence-electron chi connectivity index (χ3n) is 5.33. The Bertz CT molecular complexity index is 1570. The minimum Gasteiger partial charge on any atom is -0.748 e. The van der Waals surface area contributed by atoms with Crippen LogP contribution < -0.4 is 9.47 Å². The van der Waals surface area contributed by atoms with Crippen molar-refractivity contribution in [2.24, 2.45) is 0 Å². The number of thioether (sulfide) groups is 1. The van der Waals surface area contributed by atoms with Crippen LogP contribution in [0, 0.1) is 5.82 Å². The van der Waals surface area contributed by atoms with Crippen LogP contribution in [0.2, 0.25) is 0 Å². The molecule has 0 spiro atoms. The van der Waals surface area contributed by atoms with E-state index in [0.717, 1.165) is 25.5 Å². The molecule has 0 atom stereocenters. The molecule has 4 aromatic rings. The molecule has 1 aliphatic rings. The zero-order valence-corrected chi connectivity index (χ0v) is 19.9. The third-order valence-corrected chi connectivity index (χ3v) is 8.33. The van der Waals surface area contributed by atoms with Crippen LogP contribution in [-0.4, -0.2) is 36.3 Å². The molecule has 176 valence electrons. The van der Waals surface area contributed by atoms with Crippen molar-refractivity contribution in [3.05, 3.63) is 58.5 Å². The Morgan fingerprint density at radius 3 is 2.85 bits per heavy atom. The van der Waals surface area contributed by atoms with Gasteiger partial charge in [0.15, 0.2) is 6.54 Å². The molecule has 0 saturated heterocycles. The molecule has 2 aromatic carbocycles. The lowest BCUT2D eigenvalue weighted by atomic mass is 10.2. The Labute approximate surface area is 201 Å². The smallest absolute Gasteiger partial charge is 0.323 e. The van der Waals surface area contributed by atoms with Crippen molar-refractivity contribution in [3.8, 4) is 0 Å². The molecule has 0 radical (unpaired) electrons. The van der Waals surface area contributed by atoms with Gasteiger partial charge < -0.3 is 19.0 Å². The second kappa shape index (κ2) is 8.69. The molecular weight excluding hydrogens is 503 g/mol. The molecule has 0 saturated carbocycles. The van der Waals surface area contributed by atoms with Crippen molar-refractivity contribution in [3.63, 3.8) is 0 Å². The summed E-state index contributed by atoms with van der Waals surface area (Å²) in [5.74, 6) is -2.03. The normalized spacial score (nSPS) is 15.0. The van der Waals surface area contributed by atoms with Crippen LogP contribution in [0.5, 0.6) is 0 Å². The van der Waals surface area contributed by atoms with Crippen LogP contribution in [0.25, 0.3) is 27.3 Å². The number of hydrogen-bond acceptors (Lipinski definition) is 8. The molecular formula is C22H17FN2O6S3. The van der Waals surface area contributed by atoms with Crippen LogP contribution >= 0.6 is 23.1 Å². The first-order valence-electron chi connectivity index (χ1n) is 10.1. The maximum Gasteiger partial charge on any atom is 0.323 e. The number of anilines is 1. The lowest BCUT2D eigenvalue weighted by Crippen LogP contribution is -2.36. The van der Waals surface area contributed by atoms with Gasteiger partial charge in [0.2, 0.25) is 5.52 Å². The highest BCUT2D eigenvalue weighted by molar-refractivity contribution is 8.03. The molecule has 0 unspecified atom stereocenters. The van der Waals surface area contributed by atoms with Crippen LogP contribution in [0.4, 0.5) is 10.1 Å². The van der Waals surface area contributed by atoms with Gasteiger partial charge >= 0.3 is 5.97 Å². The van der Waals surface area contributed by atoms with Crippen LogP contribution in [0.3, 0.4) is 0 Å². The summed E-state index contributed by atoms with van der Waals surface area (Å²) in [5.41, 5.74) is 1.98. The number of hydrogen-bond donors (Lipinski definition) is 1. The molecule has 0 amide bonds. The van der Waals surface area contributed by atoms with Crippen molar-refractivity contribution >= 4 is 72.1 Å². The number of furan rings is 1. The van der Waals surface area contributed by atoms with Crippen LogP contribution in [0.1, 0.15) is 11.4 Å². The zero-order valence-electron chi connectivity index (χ0n) is 17.4. The van der Waals surface area contributed by atoms with Gasteiger partial charge in [-0.2, -0.15) is 4.57 Å². The minimum atomic E-state index is -4.37. The number of aromatic nitrogens is 1. The molecule has 0 aliphatic carbocycles. The number of carbonyl (C=O) groups is 1. The number of nitrogens with zero attached hydrogens (tertiary/aromatic N) is 2. The second-order valence-electron chi connectivity index (χ2n) is 7.63. The van der Waals surface area contributed by atoms with E-state index in [2.05, 4.69) is 0 Å². The maximum absolute atomic E-state index is 13.9. The molecule has 1 aliphatic heterocycles. The number of carboxylic acids is 1. The zero-order chi connectivity index (χ0) is 24.0. The van der Waals surface area contributed by atoms with E-state index < -0.39 is 27.7 Å². The number of benzene rings is 2. The van der Waals surface area contributed by atoms with Gasteiger partial charge in [-0.1, -0.05) is 23.1 Å². The predicted octanol–water partition coefficient (Wildman–Crippen LogP) is 4.00. The summed E-state index contributed by atoms with van der Waals surface area (Å²) >= 11 is 2.77. The van der Waals surface area contributed by atoms with E-state index >= 15 is 0 Å². The first-order valence-corrected chi connectivity index (χ1v) is 13.4. The van der Waals surface area contributed by atoms with Crippen molar-refractivity contribution in [2.45, 2.75) is 17.9 Å². The Hall–Kier alpha value is -2.93. The van der Waals surface area contributed by atoms with E-state index in [1.54, 1.807) is 12.3 Å². The SMILES string of the molecule is O=C(O)CN1/C(=C/c2sc3ccc4occc4c3[n+]2CCCS(=O)(=O)[O-])Sc2ccc(F)cc21. The number of carboxylic acid groups (broad SMARTS) is 1. The first kappa shape index (κ1) is 22.8. The fourth-order valence-corrected chi connectivity index (χ4v) is 6.74. The molecule has 0 bridgehead atoms. The molecule has 5 rings (SSSR count). The summed E-state index contributed by atoms with van der Waals surface area (Å²) in [6.45, 7) is -0.0867. The molecule has 0 fully saturated rings. The number of aryl methyl sites for hydroxylation is 1. The average molecular weight is 521 g/mol. The summed E-state index contributed by atoms with van der Waals surface area (Å²) in [5, 5.41) is 11.6. The lowest BCUT2D eigenvalue weighted by Gasteiger charge is -2.17. The standard InChI is InChI=1S/C22H17FN2O6S3/c23-13-2-4-17-15(10-13)25(12-21(26)27)20(32-17)11-19-24(7-1-9-34(28,29)30)22-14-6-8-31-16(14)3-5-18(22)33-19/h2-6,8,10-11H,1,7,9,12H2,(H-,26,27,28,29,30). The van der Waals surface area contributed by atoms with Gasteiger partial charge in [0.25, 0.3) is 5.01 Å². The van der Waals surface area contributed by atoms with Gasteiger partial charge in [0.05, 0.1) is 38.6 Å². The summed E-state index contributed by atoms with van der Waals surface area (Å²) in [6, 6.07) is 9.80. The van der Waals surface area contributed by atoms with Crippen LogP contribution in [0.15, 0.2) is 57.0 Å². The monoisotopic (exact) mass is 520 g/mol. The third kappa shape index (κ3) is 4.41. The Kier molecular flexibility index (Phi) is 5.84. The predicted molar refractivity (Wildman–Crippen MR) is 126 cm³/mol. The molecule has 2 aromatic heterocycles. The fraction of sp³-hybridized carbons (Fsp3) is 0.182. The Morgan fingerprint density at radius 2 is 2.09 bits per heavy atom. The largest absolute Gasteiger partial charge is 0.748 e. The van der Waals surface area contributed by atoms with E-state index in [0.29, 0.717) is 16.3 Å². The Morgan fingerprint density at radius 1 is 1.26 bits per heavy atom. The summed E-state index contributed by atoms with van der Waals surface area (Å²) in [7, 11) is -4.37. The number of halogens is 1. The van der Waals surface area contributed by atoms with E-state index in [-0.39, 0.29) is 19.5 Å². The molecule has 3 heterocycles. The van der Waals surface area contributed by atoms with Crippen molar-refractivity contribution < 1.29 is 36.2 Å². The molecule has 8 nitrogen and oxygen atoms in total. The van der Waals surface area contributed by atoms with Gasteiger partial charge in [-0.3, -0.25) is 4.79 Å². The minimum absolute atomic E-state index is 0.115.